The molecule has 0 saturated heterocycles. The van der Waals surface area contributed by atoms with Crippen LogP contribution in [0.1, 0.15) is 28.1 Å². The Kier molecular flexibility index (Phi) is 13.6. The van der Waals surface area contributed by atoms with Crippen LogP contribution in [0.4, 0.5) is 24.6 Å². The monoisotopic (exact) mass is 626 g/mol. The molecule has 0 bridgehead atoms. The fraction of sp³-hybridized carbons (Fsp3) is 0.273. The van der Waals surface area contributed by atoms with Crippen LogP contribution in [-0.4, -0.2) is 52.2 Å². The normalized spacial score (nSPS) is 13.2. The van der Waals surface area contributed by atoms with E-state index >= 15 is 0 Å². The Balaban J connectivity index is 0.000000309. The SMILES string of the molecule is C=C[B-](F)(F)F.C=Cc1c(CO)nc2c(c1C)OCC(=O)N2.Cc1c(Br)c(CO)nc2c1OCC(=O)N2.[K+]. The number of halogens is 4. The smallest absolute Gasteiger partial charge is 0.480 e. The summed E-state index contributed by atoms with van der Waals surface area (Å²) in [6, 6.07) is 0. The summed E-state index contributed by atoms with van der Waals surface area (Å²) in [5.41, 5.74) is 3.36. The van der Waals surface area contributed by atoms with Gasteiger partial charge in [-0.2, -0.15) is 5.98 Å². The predicted octanol–water partition coefficient (Wildman–Crippen LogP) is 0.395. The minimum absolute atomic E-state index is 0. The van der Waals surface area contributed by atoms with Crippen LogP contribution >= 0.6 is 15.9 Å². The molecule has 10 nitrogen and oxygen atoms in total. The van der Waals surface area contributed by atoms with Gasteiger partial charge in [-0.3, -0.25) is 9.59 Å². The topological polar surface area (TPSA) is 143 Å². The van der Waals surface area contributed by atoms with Gasteiger partial charge in [-0.25, -0.2) is 9.97 Å². The van der Waals surface area contributed by atoms with Gasteiger partial charge in [-0.15, -0.1) is 6.58 Å². The van der Waals surface area contributed by atoms with E-state index in [-0.39, 0.29) is 95.6 Å². The van der Waals surface area contributed by atoms with Gasteiger partial charge in [-0.1, -0.05) is 12.7 Å². The molecular formula is C22H24BBrF3KN4O6. The van der Waals surface area contributed by atoms with Gasteiger partial charge in [0.05, 0.1) is 24.6 Å². The number of ether oxygens (including phenoxy) is 2. The zero-order valence-corrected chi connectivity index (χ0v) is 25.6. The van der Waals surface area contributed by atoms with Crippen molar-refractivity contribution in [2.24, 2.45) is 0 Å². The number of hydrogen-bond donors (Lipinski definition) is 4. The van der Waals surface area contributed by atoms with Crippen molar-refractivity contribution >= 4 is 52.4 Å². The van der Waals surface area contributed by atoms with Crippen LogP contribution < -0.4 is 71.5 Å². The van der Waals surface area contributed by atoms with Gasteiger partial charge in [0.25, 0.3) is 11.8 Å². The average Bonchev–Trinajstić information content (AvgIpc) is 2.86. The van der Waals surface area contributed by atoms with E-state index < -0.39 is 6.98 Å². The second-order valence-electron chi connectivity index (χ2n) is 7.51. The van der Waals surface area contributed by atoms with Crippen LogP contribution in [0.3, 0.4) is 0 Å². The molecule has 0 fully saturated rings. The van der Waals surface area contributed by atoms with Crippen LogP contribution in [0.15, 0.2) is 23.6 Å². The fourth-order valence-electron chi connectivity index (χ4n) is 3.12. The van der Waals surface area contributed by atoms with Crippen molar-refractivity contribution < 1.29 is 93.6 Å². The van der Waals surface area contributed by atoms with Gasteiger partial charge in [0, 0.05) is 21.2 Å². The molecule has 200 valence electrons. The van der Waals surface area contributed by atoms with Crippen molar-refractivity contribution in [2.75, 3.05) is 23.8 Å². The van der Waals surface area contributed by atoms with E-state index in [4.69, 9.17) is 14.6 Å². The molecule has 0 aromatic carbocycles. The molecule has 2 aliphatic rings. The number of amides is 2. The van der Waals surface area contributed by atoms with E-state index in [9.17, 15) is 27.6 Å². The van der Waals surface area contributed by atoms with E-state index in [2.05, 4.69) is 49.7 Å². The minimum Gasteiger partial charge on any atom is -0.480 e. The van der Waals surface area contributed by atoms with Crippen molar-refractivity contribution in [3.8, 4) is 11.5 Å². The molecule has 2 amide bonds. The van der Waals surface area contributed by atoms with Gasteiger partial charge in [0.1, 0.15) is 0 Å². The van der Waals surface area contributed by atoms with Crippen LogP contribution in [0.2, 0.25) is 0 Å². The second-order valence-corrected chi connectivity index (χ2v) is 8.30. The van der Waals surface area contributed by atoms with E-state index in [1.807, 2.05) is 13.8 Å². The standard InChI is InChI=1S/C11H12N2O3.C9H9BrN2O3.C2H3BF3.K/c1-3-7-6(2)10-11(12-8(7)4-14)13-9(15)5-16-10;1-4-7(10)5(2-13)11-9-8(4)15-3-6(14)12-9;1-2-3(4,5)6;/h3,14H,1,4-5H2,2H3,(H,12,13,15);13H,2-3H2,1H3,(H,11,12,14);2H,1H2;/q;;-1;+1. The molecule has 38 heavy (non-hydrogen) atoms. The molecule has 0 unspecified atom stereocenters. The summed E-state index contributed by atoms with van der Waals surface area (Å²) >= 11 is 3.32. The summed E-state index contributed by atoms with van der Waals surface area (Å²) in [6.45, 7) is 4.76. The number of nitrogens with zero attached hydrogens (tertiary/aromatic N) is 2. The van der Waals surface area contributed by atoms with Gasteiger partial charge in [0.15, 0.2) is 36.3 Å². The maximum absolute atomic E-state index is 11.1. The number of fused-ring (bicyclic) bond motifs is 2. The van der Waals surface area contributed by atoms with Crippen LogP contribution in [0, 0.1) is 13.8 Å². The molecule has 2 aromatic rings. The Morgan fingerprint density at radius 2 is 1.37 bits per heavy atom. The van der Waals surface area contributed by atoms with E-state index in [1.54, 1.807) is 6.08 Å². The van der Waals surface area contributed by atoms with Gasteiger partial charge in [0.2, 0.25) is 0 Å². The van der Waals surface area contributed by atoms with Gasteiger partial charge < -0.3 is 43.3 Å². The Labute approximate surface area is 267 Å². The molecule has 0 atom stereocenters. The Morgan fingerprint density at radius 3 is 1.76 bits per heavy atom. The summed E-state index contributed by atoms with van der Waals surface area (Å²) in [7, 11) is 0. The van der Waals surface area contributed by atoms with Gasteiger partial charge >= 0.3 is 58.4 Å². The molecular weight excluding hydrogens is 603 g/mol. The molecule has 0 saturated carbocycles. The maximum Gasteiger partial charge on any atom is 1.00 e. The number of carbonyl (C=O) groups excluding carboxylic acids is 2. The summed E-state index contributed by atoms with van der Waals surface area (Å²) in [6.07, 6.45) is 1.62. The Morgan fingerprint density at radius 1 is 0.947 bits per heavy atom. The first-order chi connectivity index (χ1) is 17.4. The molecule has 4 rings (SSSR count). The second kappa shape index (κ2) is 15.1. The molecule has 2 aliphatic heterocycles. The van der Waals surface area contributed by atoms with Crippen LogP contribution in [-0.2, 0) is 22.8 Å². The largest absolute Gasteiger partial charge is 1.00 e. The van der Waals surface area contributed by atoms with Crippen molar-refractivity contribution in [1.82, 2.24) is 9.97 Å². The number of hydrogen-bond acceptors (Lipinski definition) is 8. The van der Waals surface area contributed by atoms with E-state index in [0.717, 1.165) is 16.7 Å². The predicted molar refractivity (Wildman–Crippen MR) is 135 cm³/mol. The third-order valence-corrected chi connectivity index (χ3v) is 5.94. The number of aliphatic hydroxyl groups excluding tert-OH is 2. The van der Waals surface area contributed by atoms with Crippen molar-refractivity contribution in [1.29, 1.82) is 0 Å². The van der Waals surface area contributed by atoms with Crippen molar-refractivity contribution in [2.45, 2.75) is 27.1 Å². The molecule has 0 aliphatic carbocycles. The first-order valence-electron chi connectivity index (χ1n) is 10.6. The molecule has 0 radical (unpaired) electrons. The number of pyridine rings is 2. The third kappa shape index (κ3) is 8.87. The third-order valence-electron chi connectivity index (χ3n) is 4.88. The van der Waals surface area contributed by atoms with Crippen LogP contribution in [0.25, 0.3) is 6.08 Å². The van der Waals surface area contributed by atoms with E-state index in [1.165, 1.54) is 0 Å². The number of anilines is 2. The van der Waals surface area contributed by atoms with E-state index in [0.29, 0.717) is 39.0 Å². The van der Waals surface area contributed by atoms with Gasteiger partial charge in [-0.05, 0) is 29.8 Å². The Bertz CT molecular complexity index is 1230. The molecule has 2 aromatic heterocycles. The first kappa shape index (κ1) is 34.2. The zero-order chi connectivity index (χ0) is 27.9. The quantitative estimate of drug-likeness (QED) is 0.357. The summed E-state index contributed by atoms with van der Waals surface area (Å²) in [5, 5.41) is 23.4. The molecule has 4 heterocycles. The molecule has 0 spiro atoms. The minimum atomic E-state index is -4.72. The summed E-state index contributed by atoms with van der Waals surface area (Å²) in [4.78, 5) is 30.4. The number of aromatic nitrogens is 2. The number of nitrogens with one attached hydrogen (secondary N) is 2. The number of rotatable bonds is 4. The van der Waals surface area contributed by atoms with Crippen molar-refractivity contribution in [3.05, 3.63) is 51.7 Å². The van der Waals surface area contributed by atoms with Crippen molar-refractivity contribution in [3.63, 3.8) is 0 Å². The fourth-order valence-corrected chi connectivity index (χ4v) is 3.52. The molecule has 4 N–H and O–H groups in total. The maximum atomic E-state index is 11.1. The molecule has 16 heteroatoms. The summed E-state index contributed by atoms with van der Waals surface area (Å²) < 4.78 is 43.5. The first-order valence-corrected chi connectivity index (χ1v) is 11.4. The number of aliphatic hydroxyl groups is 2. The summed E-state index contributed by atoms with van der Waals surface area (Å²) in [5.74, 6) is 1.36. The van der Waals surface area contributed by atoms with Crippen LogP contribution in [0.5, 0.6) is 11.5 Å². The average molecular weight is 627 g/mol. The zero-order valence-electron chi connectivity index (χ0n) is 20.9. The Hall–Kier alpha value is -1.79. The number of carbonyl (C=O) groups is 2.